The lowest BCUT2D eigenvalue weighted by molar-refractivity contribution is -0.135. The number of amides is 5. The molecule has 6 N–H and O–H groups in total. The molecule has 15 heteroatoms. The van der Waals surface area contributed by atoms with E-state index < -0.39 is 29.3 Å². The third-order valence-corrected chi connectivity index (χ3v) is 7.68. The van der Waals surface area contributed by atoms with Gasteiger partial charge in [-0.05, 0) is 71.4 Å². The molecular formula is C34H35N7O8. The number of fused-ring (bicyclic) bond motifs is 1. The standard InChI is InChI=1S/C11H12N2O.C10H9NO2.C8H8N2O2.C5H6N2O3/c1-8-9(2)12-13(11(8)14)10-6-4-3-5-7-10;1-6-9(12)7-4-2-3-5-8(7)11-10(6)13;1-4-5(2)7(11)10-8(12)6(4)9-3;1-2-3(8)6-5(10)7-4(2)9/h3-8H,1-2H3;2-5H,1H3,(H2,11,12,13);1-2H3,(H2,10,11,12);2H,1H3,(H2,6,7,8,9,10). The number of urea groups is 1. The van der Waals surface area contributed by atoms with Crippen molar-refractivity contribution in [3.63, 3.8) is 0 Å². The number of para-hydroxylation sites is 2. The zero-order valence-electron chi connectivity index (χ0n) is 27.5. The van der Waals surface area contributed by atoms with Crippen LogP contribution in [0.3, 0.4) is 0 Å². The molecule has 6 rings (SSSR count). The van der Waals surface area contributed by atoms with E-state index in [1.165, 1.54) is 11.9 Å². The fourth-order valence-corrected chi connectivity index (χ4v) is 4.25. The van der Waals surface area contributed by atoms with Crippen LogP contribution in [-0.2, 0) is 14.4 Å². The first-order valence-corrected chi connectivity index (χ1v) is 14.8. The second-order valence-electron chi connectivity index (χ2n) is 11.0. The normalized spacial score (nSPS) is 15.3. The summed E-state index contributed by atoms with van der Waals surface area (Å²) in [5.41, 5.74) is 3.08. The maximum atomic E-state index is 11.7. The molecular weight excluding hydrogens is 634 g/mol. The number of aromatic hydroxyl groups is 2. The number of aromatic nitrogens is 2. The Balaban J connectivity index is 0.000000178. The Morgan fingerprint density at radius 1 is 0.735 bits per heavy atom. The third kappa shape index (κ3) is 8.63. The van der Waals surface area contributed by atoms with Crippen LogP contribution in [0.4, 0.5) is 16.2 Å². The van der Waals surface area contributed by atoms with Gasteiger partial charge >= 0.3 is 6.03 Å². The molecule has 1 fully saturated rings. The number of nitrogens with one attached hydrogen (secondary N) is 4. The monoisotopic (exact) mass is 669 g/mol. The molecule has 0 spiro atoms. The summed E-state index contributed by atoms with van der Waals surface area (Å²) >= 11 is 0. The lowest BCUT2D eigenvalue weighted by Gasteiger charge is -2.16. The van der Waals surface area contributed by atoms with E-state index in [2.05, 4.69) is 19.9 Å². The molecule has 1 atom stereocenters. The highest BCUT2D eigenvalue weighted by molar-refractivity contribution is 6.16. The number of barbiturate groups is 1. The molecule has 2 aromatic heterocycles. The number of anilines is 1. The van der Waals surface area contributed by atoms with Gasteiger partial charge in [0.1, 0.15) is 11.7 Å². The number of carbonyl (C=O) groups excluding carboxylic acids is 4. The van der Waals surface area contributed by atoms with Crippen LogP contribution >= 0.6 is 0 Å². The van der Waals surface area contributed by atoms with E-state index in [9.17, 15) is 33.9 Å². The fourth-order valence-electron chi connectivity index (χ4n) is 4.25. The number of imide groups is 2. The molecule has 2 aromatic carbocycles. The first kappa shape index (κ1) is 36.9. The maximum absolute atomic E-state index is 11.7. The second kappa shape index (κ2) is 15.8. The number of pyridine rings is 2. The van der Waals surface area contributed by atoms with Gasteiger partial charge in [-0.25, -0.2) is 14.6 Å². The average Bonchev–Trinajstić information content (AvgIpc) is 3.33. The Morgan fingerprint density at radius 3 is 1.86 bits per heavy atom. The van der Waals surface area contributed by atoms with Gasteiger partial charge in [0, 0.05) is 16.7 Å². The summed E-state index contributed by atoms with van der Waals surface area (Å²) in [6, 6.07) is 15.9. The minimum Gasteiger partial charge on any atom is -0.507 e. The van der Waals surface area contributed by atoms with Crippen molar-refractivity contribution in [2.45, 2.75) is 41.5 Å². The number of aromatic amines is 2. The molecule has 5 amide bonds. The predicted molar refractivity (Wildman–Crippen MR) is 182 cm³/mol. The van der Waals surface area contributed by atoms with Crippen LogP contribution < -0.4 is 26.8 Å². The van der Waals surface area contributed by atoms with Crippen LogP contribution in [0, 0.1) is 39.2 Å². The van der Waals surface area contributed by atoms with Crippen molar-refractivity contribution in [1.82, 2.24) is 20.6 Å². The van der Waals surface area contributed by atoms with Gasteiger partial charge in [0.05, 0.1) is 29.3 Å². The van der Waals surface area contributed by atoms with E-state index in [0.29, 0.717) is 27.6 Å². The summed E-state index contributed by atoms with van der Waals surface area (Å²) in [4.78, 5) is 73.5. The van der Waals surface area contributed by atoms with Crippen LogP contribution in [0.2, 0.25) is 0 Å². The summed E-state index contributed by atoms with van der Waals surface area (Å²) in [7, 11) is 0. The number of rotatable bonds is 1. The summed E-state index contributed by atoms with van der Waals surface area (Å²) in [5.74, 6) is -1.99. The number of hydrogen-bond donors (Lipinski definition) is 6. The smallest absolute Gasteiger partial charge is 0.328 e. The van der Waals surface area contributed by atoms with Gasteiger partial charge in [0.25, 0.3) is 22.7 Å². The van der Waals surface area contributed by atoms with E-state index >= 15 is 0 Å². The minimum absolute atomic E-state index is 0.0466. The molecule has 49 heavy (non-hydrogen) atoms. The number of benzene rings is 2. The average molecular weight is 670 g/mol. The van der Waals surface area contributed by atoms with Gasteiger partial charge in [0.15, 0.2) is 5.88 Å². The zero-order chi connectivity index (χ0) is 36.6. The SMILES string of the molecule is CC1=NN(c2ccccc2)C(=O)C1C.CC1C(=O)NC(=O)NC1=O.Cc1c(O)c2ccccc2[nH]c1=O.[C-]#[N+]c1c(C)c(C)c(O)[nH]c1=O. The van der Waals surface area contributed by atoms with E-state index in [4.69, 9.17) is 11.7 Å². The molecule has 254 valence electrons. The van der Waals surface area contributed by atoms with E-state index in [1.54, 1.807) is 32.9 Å². The van der Waals surface area contributed by atoms with Crippen molar-refractivity contribution < 1.29 is 29.4 Å². The summed E-state index contributed by atoms with van der Waals surface area (Å²) in [5, 5.41) is 29.0. The largest absolute Gasteiger partial charge is 0.507 e. The highest BCUT2D eigenvalue weighted by Crippen LogP contribution is 2.24. The number of nitrogens with zero attached hydrogens (tertiary/aromatic N) is 3. The van der Waals surface area contributed by atoms with E-state index in [0.717, 1.165) is 11.4 Å². The number of hydrogen-bond acceptors (Lipinski definition) is 9. The summed E-state index contributed by atoms with van der Waals surface area (Å²) in [6.07, 6.45) is 0. The van der Waals surface area contributed by atoms with Gasteiger partial charge in [-0.1, -0.05) is 30.3 Å². The Bertz CT molecular complexity index is 2090. The summed E-state index contributed by atoms with van der Waals surface area (Å²) in [6.45, 7) is 16.8. The van der Waals surface area contributed by atoms with Crippen molar-refractivity contribution in [2.24, 2.45) is 16.9 Å². The van der Waals surface area contributed by atoms with Crippen LogP contribution in [0.1, 0.15) is 37.5 Å². The second-order valence-corrected chi connectivity index (χ2v) is 11.0. The Morgan fingerprint density at radius 2 is 1.31 bits per heavy atom. The van der Waals surface area contributed by atoms with Gasteiger partial charge in [0.2, 0.25) is 11.8 Å². The lowest BCUT2D eigenvalue weighted by atomic mass is 10.1. The minimum atomic E-state index is -0.766. The Hall–Kier alpha value is -6.56. The molecule has 0 radical (unpaired) electrons. The Labute approximate surface area is 280 Å². The van der Waals surface area contributed by atoms with Crippen molar-refractivity contribution in [2.75, 3.05) is 5.01 Å². The van der Waals surface area contributed by atoms with Crippen molar-refractivity contribution in [3.8, 4) is 11.6 Å². The van der Waals surface area contributed by atoms with Crippen LogP contribution in [0.5, 0.6) is 11.6 Å². The highest BCUT2D eigenvalue weighted by atomic mass is 16.3. The van der Waals surface area contributed by atoms with Crippen molar-refractivity contribution in [1.29, 1.82) is 0 Å². The molecule has 15 nitrogen and oxygen atoms in total. The predicted octanol–water partition coefficient (Wildman–Crippen LogP) is 3.82. The molecule has 4 heterocycles. The third-order valence-electron chi connectivity index (χ3n) is 7.68. The molecule has 1 unspecified atom stereocenters. The topological polar surface area (TPSA) is 218 Å². The van der Waals surface area contributed by atoms with Crippen molar-refractivity contribution in [3.05, 3.63) is 103 Å². The first-order chi connectivity index (χ1) is 23.1. The molecule has 4 aromatic rings. The quantitative estimate of drug-likeness (QED) is 0.129. The van der Waals surface area contributed by atoms with E-state index in [-0.39, 0.29) is 34.7 Å². The number of H-pyrrole nitrogens is 2. The molecule has 0 saturated carbocycles. The fraction of sp³-hybridized carbons (Fsp3) is 0.235. The Kier molecular flexibility index (Phi) is 11.9. The van der Waals surface area contributed by atoms with Crippen LogP contribution in [0.25, 0.3) is 15.7 Å². The summed E-state index contributed by atoms with van der Waals surface area (Å²) < 4.78 is 0. The zero-order valence-corrected chi connectivity index (χ0v) is 27.5. The van der Waals surface area contributed by atoms with Gasteiger partial charge in [-0.3, -0.25) is 34.6 Å². The number of hydrazone groups is 1. The highest BCUT2D eigenvalue weighted by Gasteiger charge is 2.30. The van der Waals surface area contributed by atoms with Crippen LogP contribution in [0.15, 0.2) is 69.3 Å². The molecule has 0 aliphatic carbocycles. The molecule has 2 aliphatic heterocycles. The van der Waals surface area contributed by atoms with Gasteiger partial charge in [-0.15, -0.1) is 0 Å². The van der Waals surface area contributed by atoms with E-state index in [1.807, 2.05) is 66.9 Å². The number of carbonyl (C=O) groups is 4. The van der Waals surface area contributed by atoms with Gasteiger partial charge < -0.3 is 20.2 Å². The van der Waals surface area contributed by atoms with Gasteiger partial charge in [-0.2, -0.15) is 5.10 Å². The van der Waals surface area contributed by atoms with Crippen LogP contribution in [-0.4, -0.2) is 49.6 Å². The lowest BCUT2D eigenvalue weighted by Crippen LogP contribution is -2.54. The van der Waals surface area contributed by atoms with Crippen molar-refractivity contribution >= 4 is 51.7 Å². The molecule has 0 bridgehead atoms. The molecule has 2 aliphatic rings. The first-order valence-electron chi connectivity index (χ1n) is 14.8. The maximum Gasteiger partial charge on any atom is 0.328 e. The molecule has 1 saturated heterocycles.